The molecular weight excluding hydrogens is 242 g/mol. The van der Waals surface area contributed by atoms with Crippen LogP contribution < -0.4 is 5.32 Å². The zero-order valence-corrected chi connectivity index (χ0v) is 11.1. The molecule has 19 heavy (non-hydrogen) atoms. The lowest BCUT2D eigenvalue weighted by Crippen LogP contribution is -2.36. The zero-order valence-electron chi connectivity index (χ0n) is 11.1. The number of para-hydroxylation sites is 1. The van der Waals surface area contributed by atoms with Crippen molar-refractivity contribution in [3.8, 4) is 0 Å². The molecule has 1 saturated carbocycles. The van der Waals surface area contributed by atoms with Crippen molar-refractivity contribution in [1.82, 2.24) is 0 Å². The number of carbonyl (C=O) groups is 2. The minimum Gasteiger partial charge on any atom is -0.469 e. The molecule has 0 aromatic heterocycles. The first-order valence-corrected chi connectivity index (χ1v) is 6.66. The smallest absolute Gasteiger partial charge is 0.309 e. The summed E-state index contributed by atoms with van der Waals surface area (Å²) < 4.78 is 4.80. The van der Waals surface area contributed by atoms with Crippen molar-refractivity contribution in [3.63, 3.8) is 0 Å². The van der Waals surface area contributed by atoms with Crippen LogP contribution in [0.5, 0.6) is 0 Å². The first kappa shape index (κ1) is 13.6. The van der Waals surface area contributed by atoms with E-state index in [-0.39, 0.29) is 23.7 Å². The second-order valence-corrected chi connectivity index (χ2v) is 4.88. The lowest BCUT2D eigenvalue weighted by molar-refractivity contribution is -0.151. The van der Waals surface area contributed by atoms with E-state index in [1.165, 1.54) is 7.11 Å². The van der Waals surface area contributed by atoms with E-state index in [2.05, 4.69) is 5.32 Å². The third-order valence-corrected chi connectivity index (χ3v) is 3.65. The molecule has 1 aromatic carbocycles. The molecule has 2 unspecified atom stereocenters. The van der Waals surface area contributed by atoms with Crippen molar-refractivity contribution < 1.29 is 14.3 Å². The fraction of sp³-hybridized carbons (Fsp3) is 0.467. The molecule has 1 aliphatic rings. The molecule has 0 bridgehead atoms. The van der Waals surface area contributed by atoms with E-state index < -0.39 is 0 Å². The van der Waals surface area contributed by atoms with Gasteiger partial charge in [-0.2, -0.15) is 0 Å². The van der Waals surface area contributed by atoms with Crippen LogP contribution in [0.1, 0.15) is 25.7 Å². The number of hydrogen-bond donors (Lipinski definition) is 1. The highest BCUT2D eigenvalue weighted by Crippen LogP contribution is 2.31. The predicted molar refractivity (Wildman–Crippen MR) is 72.5 cm³/mol. The molecule has 102 valence electrons. The fourth-order valence-corrected chi connectivity index (χ4v) is 2.63. The van der Waals surface area contributed by atoms with Crippen LogP contribution in [0.25, 0.3) is 0 Å². The number of benzene rings is 1. The monoisotopic (exact) mass is 261 g/mol. The average molecular weight is 261 g/mol. The second-order valence-electron chi connectivity index (χ2n) is 4.88. The molecule has 0 spiro atoms. The van der Waals surface area contributed by atoms with Crippen molar-refractivity contribution in [2.24, 2.45) is 11.8 Å². The van der Waals surface area contributed by atoms with Crippen LogP contribution in [-0.2, 0) is 14.3 Å². The predicted octanol–water partition coefficient (Wildman–Crippen LogP) is 2.60. The van der Waals surface area contributed by atoms with E-state index in [0.717, 1.165) is 31.4 Å². The van der Waals surface area contributed by atoms with E-state index in [1.54, 1.807) is 0 Å². The minimum atomic E-state index is -0.303. The van der Waals surface area contributed by atoms with Crippen LogP contribution in [0.2, 0.25) is 0 Å². The van der Waals surface area contributed by atoms with Gasteiger partial charge in [-0.1, -0.05) is 31.0 Å². The molecule has 1 aliphatic carbocycles. The molecule has 1 fully saturated rings. The maximum absolute atomic E-state index is 12.3. The second kappa shape index (κ2) is 6.36. The maximum atomic E-state index is 12.3. The largest absolute Gasteiger partial charge is 0.469 e. The van der Waals surface area contributed by atoms with Gasteiger partial charge in [-0.25, -0.2) is 0 Å². The van der Waals surface area contributed by atoms with Crippen LogP contribution in [0.4, 0.5) is 5.69 Å². The number of anilines is 1. The summed E-state index contributed by atoms with van der Waals surface area (Å²) >= 11 is 0. The lowest BCUT2D eigenvalue weighted by atomic mass is 9.78. The summed E-state index contributed by atoms with van der Waals surface area (Å²) in [6, 6.07) is 9.32. The van der Waals surface area contributed by atoms with Crippen LogP contribution in [0.3, 0.4) is 0 Å². The van der Waals surface area contributed by atoms with Gasteiger partial charge in [0.2, 0.25) is 5.91 Å². The number of ether oxygens (including phenoxy) is 1. The van der Waals surface area contributed by atoms with Crippen LogP contribution in [0.15, 0.2) is 30.3 Å². The molecule has 0 radical (unpaired) electrons. The summed E-state index contributed by atoms with van der Waals surface area (Å²) in [7, 11) is 1.38. The minimum absolute atomic E-state index is 0.0821. The quantitative estimate of drug-likeness (QED) is 0.851. The summed E-state index contributed by atoms with van der Waals surface area (Å²) in [6.07, 6.45) is 3.45. The highest BCUT2D eigenvalue weighted by molar-refractivity contribution is 5.95. The normalized spacial score (nSPS) is 22.6. The number of carbonyl (C=O) groups excluding carboxylic acids is 2. The van der Waals surface area contributed by atoms with E-state index in [9.17, 15) is 9.59 Å². The molecule has 0 heterocycles. The molecule has 1 N–H and O–H groups in total. The SMILES string of the molecule is COC(=O)C1CCCCC1C(=O)Nc1ccccc1. The van der Waals surface area contributed by atoms with Gasteiger partial charge in [0.05, 0.1) is 18.9 Å². The van der Waals surface area contributed by atoms with Gasteiger partial charge in [0.25, 0.3) is 0 Å². The van der Waals surface area contributed by atoms with Gasteiger partial charge in [-0.15, -0.1) is 0 Å². The van der Waals surface area contributed by atoms with Gasteiger partial charge in [0.1, 0.15) is 0 Å². The average Bonchev–Trinajstić information content (AvgIpc) is 2.47. The molecule has 4 heteroatoms. The first-order valence-electron chi connectivity index (χ1n) is 6.66. The highest BCUT2D eigenvalue weighted by atomic mass is 16.5. The zero-order chi connectivity index (χ0) is 13.7. The van der Waals surface area contributed by atoms with E-state index in [0.29, 0.717) is 0 Å². The van der Waals surface area contributed by atoms with Crippen LogP contribution in [0, 0.1) is 11.8 Å². The summed E-state index contributed by atoms with van der Waals surface area (Å²) in [5.74, 6) is -0.932. The number of hydrogen-bond acceptors (Lipinski definition) is 3. The van der Waals surface area contributed by atoms with Crippen molar-refractivity contribution in [2.75, 3.05) is 12.4 Å². The number of amides is 1. The standard InChI is InChI=1S/C15H19NO3/c1-19-15(18)13-10-6-5-9-12(13)14(17)16-11-7-3-2-4-8-11/h2-4,7-8,12-13H,5-6,9-10H2,1H3,(H,16,17). The Morgan fingerprint density at radius 1 is 1.11 bits per heavy atom. The van der Waals surface area contributed by atoms with E-state index >= 15 is 0 Å². The maximum Gasteiger partial charge on any atom is 0.309 e. The molecule has 2 rings (SSSR count). The Morgan fingerprint density at radius 2 is 1.74 bits per heavy atom. The van der Waals surface area contributed by atoms with Crippen molar-refractivity contribution in [2.45, 2.75) is 25.7 Å². The lowest BCUT2D eigenvalue weighted by Gasteiger charge is -2.28. The summed E-state index contributed by atoms with van der Waals surface area (Å²) in [5, 5.41) is 2.87. The van der Waals surface area contributed by atoms with Crippen LogP contribution >= 0.6 is 0 Å². The summed E-state index contributed by atoms with van der Waals surface area (Å²) in [6.45, 7) is 0. The Kier molecular flexibility index (Phi) is 4.55. The number of esters is 1. The third kappa shape index (κ3) is 3.34. The van der Waals surface area contributed by atoms with Gasteiger partial charge in [-0.3, -0.25) is 9.59 Å². The van der Waals surface area contributed by atoms with Gasteiger partial charge in [0.15, 0.2) is 0 Å². The molecule has 2 atom stereocenters. The number of nitrogens with one attached hydrogen (secondary N) is 1. The van der Waals surface area contributed by atoms with E-state index in [4.69, 9.17) is 4.74 Å². The summed E-state index contributed by atoms with van der Waals surface area (Å²) in [4.78, 5) is 24.0. The Balaban J connectivity index is 2.05. The van der Waals surface area contributed by atoms with Crippen molar-refractivity contribution in [1.29, 1.82) is 0 Å². The molecule has 0 saturated heterocycles. The topological polar surface area (TPSA) is 55.4 Å². The van der Waals surface area contributed by atoms with Crippen molar-refractivity contribution in [3.05, 3.63) is 30.3 Å². The third-order valence-electron chi connectivity index (χ3n) is 3.65. The Hall–Kier alpha value is -1.84. The molecule has 4 nitrogen and oxygen atoms in total. The first-order chi connectivity index (χ1) is 9.22. The highest BCUT2D eigenvalue weighted by Gasteiger charge is 2.36. The van der Waals surface area contributed by atoms with E-state index in [1.807, 2.05) is 30.3 Å². The molecular formula is C15H19NO3. The Bertz CT molecular complexity index is 444. The van der Waals surface area contributed by atoms with Gasteiger partial charge >= 0.3 is 5.97 Å². The summed E-state index contributed by atoms with van der Waals surface area (Å²) in [5.41, 5.74) is 0.765. The fourth-order valence-electron chi connectivity index (χ4n) is 2.63. The molecule has 1 amide bonds. The molecule has 1 aromatic rings. The van der Waals surface area contributed by atoms with Gasteiger partial charge < -0.3 is 10.1 Å². The van der Waals surface area contributed by atoms with Gasteiger partial charge in [0, 0.05) is 5.69 Å². The molecule has 0 aliphatic heterocycles. The number of methoxy groups -OCH3 is 1. The van der Waals surface area contributed by atoms with Crippen molar-refractivity contribution >= 4 is 17.6 Å². The van der Waals surface area contributed by atoms with Crippen LogP contribution in [-0.4, -0.2) is 19.0 Å². The Morgan fingerprint density at radius 3 is 2.37 bits per heavy atom. The Labute approximate surface area is 113 Å². The van der Waals surface area contributed by atoms with Gasteiger partial charge in [-0.05, 0) is 25.0 Å². The number of rotatable bonds is 3.